The van der Waals surface area contributed by atoms with Crippen molar-refractivity contribution in [2.24, 2.45) is 11.7 Å². The van der Waals surface area contributed by atoms with Crippen LogP contribution in [0.15, 0.2) is 24.3 Å². The average molecular weight is 260 g/mol. The number of nitrogens with two attached hydrogens (primary N) is 1. The van der Waals surface area contributed by atoms with Crippen LogP contribution in [0.5, 0.6) is 5.75 Å². The van der Waals surface area contributed by atoms with Crippen LogP contribution in [0.1, 0.15) is 31.2 Å². The molecule has 0 spiro atoms. The van der Waals surface area contributed by atoms with Crippen molar-refractivity contribution in [3.8, 4) is 5.75 Å². The summed E-state index contributed by atoms with van der Waals surface area (Å²) in [5.41, 5.74) is 6.82. The monoisotopic (exact) mass is 260 g/mol. The molecule has 1 aromatic rings. The van der Waals surface area contributed by atoms with Crippen LogP contribution in [-0.2, 0) is 6.54 Å². The lowest BCUT2D eigenvalue weighted by Crippen LogP contribution is -2.32. The molecule has 0 bridgehead atoms. The molecule has 1 aromatic carbocycles. The summed E-state index contributed by atoms with van der Waals surface area (Å²) >= 11 is 0. The molecule has 0 amide bonds. The molecule has 0 aliphatic heterocycles. The van der Waals surface area contributed by atoms with Crippen LogP contribution in [0.3, 0.4) is 0 Å². The molecule has 0 radical (unpaired) electrons. The zero-order valence-electron chi connectivity index (χ0n) is 11.6. The van der Waals surface area contributed by atoms with Gasteiger partial charge in [-0.25, -0.2) is 0 Å². The van der Waals surface area contributed by atoms with Gasteiger partial charge in [0.25, 0.3) is 0 Å². The zero-order valence-corrected chi connectivity index (χ0v) is 11.6. The Morgan fingerprint density at radius 3 is 2.63 bits per heavy atom. The third-order valence-electron chi connectivity index (χ3n) is 4.08. The molecular weight excluding hydrogens is 236 g/mol. The Balaban J connectivity index is 1.48. The zero-order chi connectivity index (χ0) is 13.1. The lowest BCUT2D eigenvalue weighted by atomic mass is 10.2. The van der Waals surface area contributed by atoms with Crippen LogP contribution in [-0.4, -0.2) is 30.6 Å². The van der Waals surface area contributed by atoms with Gasteiger partial charge in [0.15, 0.2) is 0 Å². The van der Waals surface area contributed by atoms with Crippen molar-refractivity contribution in [2.45, 2.75) is 38.3 Å². The van der Waals surface area contributed by atoms with E-state index in [0.717, 1.165) is 36.4 Å². The van der Waals surface area contributed by atoms with Crippen LogP contribution < -0.4 is 10.5 Å². The van der Waals surface area contributed by atoms with E-state index in [9.17, 15) is 0 Å². The third-order valence-corrected chi connectivity index (χ3v) is 4.08. The van der Waals surface area contributed by atoms with Crippen LogP contribution in [0.2, 0.25) is 0 Å². The SMILES string of the molecule is NCc1ccccc1OCCN(CC1CC1)C1CC1. The van der Waals surface area contributed by atoms with Crippen molar-refractivity contribution < 1.29 is 4.74 Å². The van der Waals surface area contributed by atoms with Gasteiger partial charge in [-0.05, 0) is 37.7 Å². The molecule has 2 aliphatic rings. The lowest BCUT2D eigenvalue weighted by molar-refractivity contribution is 0.195. The highest BCUT2D eigenvalue weighted by Crippen LogP contribution is 2.34. The second kappa shape index (κ2) is 5.93. The number of nitrogens with zero attached hydrogens (tertiary/aromatic N) is 1. The second-order valence-corrected chi connectivity index (χ2v) is 5.83. The summed E-state index contributed by atoms with van der Waals surface area (Å²) in [7, 11) is 0. The first kappa shape index (κ1) is 12.9. The van der Waals surface area contributed by atoms with Gasteiger partial charge in [-0.3, -0.25) is 4.90 Å². The minimum atomic E-state index is 0.546. The van der Waals surface area contributed by atoms with Crippen LogP contribution >= 0.6 is 0 Å². The fraction of sp³-hybridized carbons (Fsp3) is 0.625. The Morgan fingerprint density at radius 1 is 1.16 bits per heavy atom. The molecule has 3 rings (SSSR count). The van der Waals surface area contributed by atoms with E-state index in [1.807, 2.05) is 24.3 Å². The number of hydrogen-bond acceptors (Lipinski definition) is 3. The molecule has 2 N–H and O–H groups in total. The molecule has 104 valence electrons. The first-order valence-corrected chi connectivity index (χ1v) is 7.51. The van der Waals surface area contributed by atoms with Gasteiger partial charge in [-0.15, -0.1) is 0 Å². The van der Waals surface area contributed by atoms with Gasteiger partial charge in [0.05, 0.1) is 0 Å². The van der Waals surface area contributed by atoms with Crippen LogP contribution in [0.4, 0.5) is 0 Å². The fourth-order valence-electron chi connectivity index (χ4n) is 2.58. The fourth-order valence-corrected chi connectivity index (χ4v) is 2.58. The Morgan fingerprint density at radius 2 is 1.95 bits per heavy atom. The molecule has 2 saturated carbocycles. The van der Waals surface area contributed by atoms with E-state index >= 15 is 0 Å². The Hall–Kier alpha value is -1.06. The molecule has 0 unspecified atom stereocenters. The molecule has 2 fully saturated rings. The minimum Gasteiger partial charge on any atom is -0.492 e. The van der Waals surface area contributed by atoms with Gasteiger partial charge in [-0.2, -0.15) is 0 Å². The Kier molecular flexibility index (Phi) is 4.04. The summed E-state index contributed by atoms with van der Waals surface area (Å²) < 4.78 is 5.92. The van der Waals surface area contributed by atoms with E-state index < -0.39 is 0 Å². The number of para-hydroxylation sites is 1. The quantitative estimate of drug-likeness (QED) is 0.780. The number of ether oxygens (including phenoxy) is 1. The summed E-state index contributed by atoms with van der Waals surface area (Å²) in [4.78, 5) is 2.63. The maximum Gasteiger partial charge on any atom is 0.123 e. The summed E-state index contributed by atoms with van der Waals surface area (Å²) in [5.74, 6) is 1.92. The molecule has 0 heterocycles. The van der Waals surface area contributed by atoms with Crippen molar-refractivity contribution in [2.75, 3.05) is 19.7 Å². The van der Waals surface area contributed by atoms with Gasteiger partial charge in [0.2, 0.25) is 0 Å². The van der Waals surface area contributed by atoms with E-state index in [-0.39, 0.29) is 0 Å². The van der Waals surface area contributed by atoms with Crippen molar-refractivity contribution in [3.05, 3.63) is 29.8 Å². The first-order chi connectivity index (χ1) is 9.36. The predicted octanol–water partition coefficient (Wildman–Crippen LogP) is 2.40. The van der Waals surface area contributed by atoms with E-state index in [1.54, 1.807) is 0 Å². The third kappa shape index (κ3) is 3.71. The van der Waals surface area contributed by atoms with Crippen LogP contribution in [0, 0.1) is 5.92 Å². The van der Waals surface area contributed by atoms with Crippen molar-refractivity contribution in [3.63, 3.8) is 0 Å². The molecule has 3 nitrogen and oxygen atoms in total. The van der Waals surface area contributed by atoms with E-state index in [0.29, 0.717) is 6.54 Å². The summed E-state index contributed by atoms with van der Waals surface area (Å²) in [6.07, 6.45) is 5.62. The topological polar surface area (TPSA) is 38.5 Å². The van der Waals surface area contributed by atoms with Gasteiger partial charge in [0, 0.05) is 31.2 Å². The number of benzene rings is 1. The summed E-state index contributed by atoms with van der Waals surface area (Å²) in [5, 5.41) is 0. The van der Waals surface area contributed by atoms with Crippen molar-refractivity contribution in [1.29, 1.82) is 0 Å². The Labute approximate surface area is 115 Å². The number of rotatable bonds is 8. The first-order valence-electron chi connectivity index (χ1n) is 7.51. The lowest BCUT2D eigenvalue weighted by Gasteiger charge is -2.22. The molecule has 0 saturated heterocycles. The highest BCUT2D eigenvalue weighted by molar-refractivity contribution is 5.32. The Bertz CT molecular complexity index is 413. The highest BCUT2D eigenvalue weighted by atomic mass is 16.5. The van der Waals surface area contributed by atoms with Gasteiger partial charge in [0.1, 0.15) is 12.4 Å². The van der Waals surface area contributed by atoms with Crippen LogP contribution in [0.25, 0.3) is 0 Å². The highest BCUT2D eigenvalue weighted by Gasteiger charge is 2.33. The second-order valence-electron chi connectivity index (χ2n) is 5.83. The predicted molar refractivity (Wildman–Crippen MR) is 77.1 cm³/mol. The maximum absolute atomic E-state index is 5.92. The van der Waals surface area contributed by atoms with E-state index in [2.05, 4.69) is 4.90 Å². The molecule has 0 atom stereocenters. The number of hydrogen-bond donors (Lipinski definition) is 1. The molecule has 2 aliphatic carbocycles. The standard InChI is InChI=1S/C16H24N2O/c17-11-14-3-1-2-4-16(14)19-10-9-18(15-7-8-15)12-13-5-6-13/h1-4,13,15H,5-12,17H2. The van der Waals surface area contributed by atoms with E-state index in [4.69, 9.17) is 10.5 Å². The minimum absolute atomic E-state index is 0.546. The van der Waals surface area contributed by atoms with Gasteiger partial charge in [-0.1, -0.05) is 18.2 Å². The smallest absolute Gasteiger partial charge is 0.123 e. The molecule has 3 heteroatoms. The van der Waals surface area contributed by atoms with Crippen molar-refractivity contribution in [1.82, 2.24) is 4.90 Å². The molecule has 0 aromatic heterocycles. The summed E-state index contributed by atoms with van der Waals surface area (Å²) in [6.45, 7) is 3.66. The average Bonchev–Trinajstić information content (AvgIpc) is 3.30. The normalized spacial score (nSPS) is 18.8. The summed E-state index contributed by atoms with van der Waals surface area (Å²) in [6, 6.07) is 8.92. The molecule has 19 heavy (non-hydrogen) atoms. The van der Waals surface area contributed by atoms with Gasteiger partial charge >= 0.3 is 0 Å². The largest absolute Gasteiger partial charge is 0.492 e. The van der Waals surface area contributed by atoms with Crippen molar-refractivity contribution >= 4 is 0 Å². The maximum atomic E-state index is 5.92. The molecular formula is C16H24N2O. The van der Waals surface area contributed by atoms with E-state index in [1.165, 1.54) is 32.2 Å². The van der Waals surface area contributed by atoms with Gasteiger partial charge < -0.3 is 10.5 Å².